The zero-order valence-corrected chi connectivity index (χ0v) is 9.93. The van der Waals surface area contributed by atoms with Gasteiger partial charge >= 0.3 is 0 Å². The molecule has 0 bridgehead atoms. The minimum atomic E-state index is -0.504. The zero-order valence-electron chi connectivity index (χ0n) is 9.93. The van der Waals surface area contributed by atoms with E-state index in [1.165, 1.54) is 6.07 Å². The van der Waals surface area contributed by atoms with Gasteiger partial charge in [0.1, 0.15) is 11.9 Å². The molecule has 1 heterocycles. The SMILES string of the molecule is NC(=O)C1COCCN1Cc1ccc(N)cc1F. The van der Waals surface area contributed by atoms with Gasteiger partial charge in [-0.15, -0.1) is 0 Å². The van der Waals surface area contributed by atoms with Gasteiger partial charge in [0.15, 0.2) is 0 Å². The highest BCUT2D eigenvalue weighted by Gasteiger charge is 2.28. The number of anilines is 1. The summed E-state index contributed by atoms with van der Waals surface area (Å²) in [7, 11) is 0. The second-order valence-corrected chi connectivity index (χ2v) is 4.31. The van der Waals surface area contributed by atoms with Gasteiger partial charge in [-0.05, 0) is 12.1 Å². The monoisotopic (exact) mass is 253 g/mol. The first-order valence-corrected chi connectivity index (χ1v) is 5.73. The second-order valence-electron chi connectivity index (χ2n) is 4.31. The van der Waals surface area contributed by atoms with E-state index in [-0.39, 0.29) is 12.4 Å². The molecule has 0 saturated carbocycles. The Morgan fingerprint density at radius 3 is 3.00 bits per heavy atom. The van der Waals surface area contributed by atoms with Crippen LogP contribution in [0.15, 0.2) is 18.2 Å². The van der Waals surface area contributed by atoms with Gasteiger partial charge in [0.25, 0.3) is 0 Å². The van der Waals surface area contributed by atoms with Crippen LogP contribution in [-0.4, -0.2) is 36.6 Å². The number of ether oxygens (including phenoxy) is 1. The molecule has 18 heavy (non-hydrogen) atoms. The first-order valence-electron chi connectivity index (χ1n) is 5.73. The van der Waals surface area contributed by atoms with Crippen molar-refractivity contribution in [2.45, 2.75) is 12.6 Å². The highest BCUT2D eigenvalue weighted by molar-refractivity contribution is 5.80. The molecule has 98 valence electrons. The topological polar surface area (TPSA) is 81.6 Å². The van der Waals surface area contributed by atoms with Gasteiger partial charge in [-0.1, -0.05) is 6.07 Å². The van der Waals surface area contributed by atoms with Crippen LogP contribution >= 0.6 is 0 Å². The van der Waals surface area contributed by atoms with E-state index in [1.54, 1.807) is 12.1 Å². The standard InChI is InChI=1S/C12H16FN3O2/c13-10-5-9(14)2-1-8(10)6-16-3-4-18-7-11(16)12(15)17/h1-2,5,11H,3-4,6-7,14H2,(H2,15,17). The maximum atomic E-state index is 13.7. The number of amides is 1. The lowest BCUT2D eigenvalue weighted by Gasteiger charge is -2.33. The van der Waals surface area contributed by atoms with E-state index in [9.17, 15) is 9.18 Å². The summed E-state index contributed by atoms with van der Waals surface area (Å²) in [6, 6.07) is 4.03. The lowest BCUT2D eigenvalue weighted by Crippen LogP contribution is -2.51. The highest BCUT2D eigenvalue weighted by atomic mass is 19.1. The molecular formula is C12H16FN3O2. The van der Waals surface area contributed by atoms with Crippen molar-refractivity contribution in [3.8, 4) is 0 Å². The van der Waals surface area contributed by atoms with Crippen molar-refractivity contribution >= 4 is 11.6 Å². The molecule has 6 heteroatoms. The van der Waals surface area contributed by atoms with Crippen LogP contribution in [0.5, 0.6) is 0 Å². The normalized spacial score (nSPS) is 20.8. The number of nitrogens with two attached hydrogens (primary N) is 2. The van der Waals surface area contributed by atoms with E-state index < -0.39 is 11.9 Å². The number of rotatable bonds is 3. The molecule has 1 aliphatic heterocycles. The fraction of sp³-hybridized carbons (Fsp3) is 0.417. The molecule has 0 radical (unpaired) electrons. The van der Waals surface area contributed by atoms with Crippen molar-refractivity contribution in [1.82, 2.24) is 4.90 Å². The van der Waals surface area contributed by atoms with Gasteiger partial charge in [-0.25, -0.2) is 4.39 Å². The van der Waals surface area contributed by atoms with Crippen LogP contribution in [0.25, 0.3) is 0 Å². The predicted octanol–water partition coefficient (Wildman–Crippen LogP) is 0.0940. The summed E-state index contributed by atoms with van der Waals surface area (Å²) in [5.74, 6) is -0.824. The number of primary amides is 1. The van der Waals surface area contributed by atoms with E-state index in [4.69, 9.17) is 16.2 Å². The van der Waals surface area contributed by atoms with E-state index in [0.29, 0.717) is 30.9 Å². The Kier molecular flexibility index (Phi) is 3.78. The minimum absolute atomic E-state index is 0.256. The quantitative estimate of drug-likeness (QED) is 0.748. The molecule has 0 aliphatic carbocycles. The zero-order chi connectivity index (χ0) is 13.1. The van der Waals surface area contributed by atoms with Gasteiger partial charge in [0, 0.05) is 24.3 Å². The van der Waals surface area contributed by atoms with E-state index >= 15 is 0 Å². The van der Waals surface area contributed by atoms with Gasteiger partial charge in [0.2, 0.25) is 5.91 Å². The molecule has 1 atom stereocenters. The molecule has 0 aromatic heterocycles. The lowest BCUT2D eigenvalue weighted by molar-refractivity contribution is -0.129. The van der Waals surface area contributed by atoms with Crippen molar-refractivity contribution in [2.24, 2.45) is 5.73 Å². The number of nitrogen functional groups attached to an aromatic ring is 1. The van der Waals surface area contributed by atoms with E-state index in [1.807, 2.05) is 4.90 Å². The Morgan fingerprint density at radius 1 is 1.56 bits per heavy atom. The van der Waals surface area contributed by atoms with Gasteiger partial charge in [0.05, 0.1) is 13.2 Å². The Hall–Kier alpha value is -1.66. The highest BCUT2D eigenvalue weighted by Crippen LogP contribution is 2.17. The molecule has 1 fully saturated rings. The molecule has 1 saturated heterocycles. The number of morpholine rings is 1. The van der Waals surface area contributed by atoms with Crippen LogP contribution < -0.4 is 11.5 Å². The van der Waals surface area contributed by atoms with Crippen LogP contribution in [0, 0.1) is 5.82 Å². The number of nitrogens with zero attached hydrogens (tertiary/aromatic N) is 1. The summed E-state index contributed by atoms with van der Waals surface area (Å²) in [6.45, 7) is 1.65. The fourth-order valence-electron chi connectivity index (χ4n) is 2.00. The van der Waals surface area contributed by atoms with Gasteiger partial charge in [-0.3, -0.25) is 9.69 Å². The van der Waals surface area contributed by atoms with Crippen LogP contribution in [0.2, 0.25) is 0 Å². The average Bonchev–Trinajstić information content (AvgIpc) is 2.33. The third kappa shape index (κ3) is 2.77. The van der Waals surface area contributed by atoms with Crippen molar-refractivity contribution < 1.29 is 13.9 Å². The Labute approximate surface area is 104 Å². The molecule has 5 nitrogen and oxygen atoms in total. The molecule has 0 spiro atoms. The third-order valence-corrected chi connectivity index (χ3v) is 3.02. The minimum Gasteiger partial charge on any atom is -0.399 e. The van der Waals surface area contributed by atoms with Gasteiger partial charge in [-0.2, -0.15) is 0 Å². The lowest BCUT2D eigenvalue weighted by atomic mass is 10.1. The van der Waals surface area contributed by atoms with Crippen molar-refractivity contribution in [3.63, 3.8) is 0 Å². The molecule has 1 unspecified atom stereocenters. The average molecular weight is 253 g/mol. The van der Waals surface area contributed by atoms with Crippen LogP contribution in [0.3, 0.4) is 0 Å². The Balaban J connectivity index is 2.13. The summed E-state index contributed by atoms with van der Waals surface area (Å²) < 4.78 is 18.9. The predicted molar refractivity (Wildman–Crippen MR) is 65.0 cm³/mol. The molecule has 1 aromatic carbocycles. The maximum Gasteiger partial charge on any atom is 0.237 e. The molecule has 4 N–H and O–H groups in total. The molecule has 1 aromatic rings. The molecule has 2 rings (SSSR count). The Morgan fingerprint density at radius 2 is 2.33 bits per heavy atom. The summed E-state index contributed by atoms with van der Waals surface area (Å²) in [4.78, 5) is 13.1. The van der Waals surface area contributed by atoms with Crippen molar-refractivity contribution in [3.05, 3.63) is 29.6 Å². The largest absolute Gasteiger partial charge is 0.399 e. The first kappa shape index (κ1) is 12.8. The molecule has 1 aliphatic rings. The van der Waals surface area contributed by atoms with Crippen molar-refractivity contribution in [2.75, 3.05) is 25.5 Å². The van der Waals surface area contributed by atoms with Crippen LogP contribution in [-0.2, 0) is 16.1 Å². The molecular weight excluding hydrogens is 237 g/mol. The first-order chi connectivity index (χ1) is 8.58. The smallest absolute Gasteiger partial charge is 0.237 e. The third-order valence-electron chi connectivity index (χ3n) is 3.02. The molecule has 1 amide bonds. The fourth-order valence-corrected chi connectivity index (χ4v) is 2.00. The maximum absolute atomic E-state index is 13.7. The second kappa shape index (κ2) is 5.32. The number of halogens is 1. The van der Waals surface area contributed by atoms with Gasteiger partial charge < -0.3 is 16.2 Å². The summed E-state index contributed by atoms with van der Waals surface area (Å²) in [6.07, 6.45) is 0. The van der Waals surface area contributed by atoms with Crippen molar-refractivity contribution in [1.29, 1.82) is 0 Å². The van der Waals surface area contributed by atoms with E-state index in [0.717, 1.165) is 0 Å². The van der Waals surface area contributed by atoms with Crippen LogP contribution in [0.1, 0.15) is 5.56 Å². The number of hydrogen-bond acceptors (Lipinski definition) is 4. The number of benzene rings is 1. The van der Waals surface area contributed by atoms with E-state index in [2.05, 4.69) is 0 Å². The number of hydrogen-bond donors (Lipinski definition) is 2. The summed E-state index contributed by atoms with van der Waals surface area (Å²) in [5, 5.41) is 0. The Bertz CT molecular complexity index is 453. The number of carbonyl (C=O) groups is 1. The summed E-state index contributed by atoms with van der Waals surface area (Å²) >= 11 is 0. The number of carbonyl (C=O) groups excluding carboxylic acids is 1. The summed E-state index contributed by atoms with van der Waals surface area (Å²) in [5.41, 5.74) is 11.7. The van der Waals surface area contributed by atoms with Crippen LogP contribution in [0.4, 0.5) is 10.1 Å².